The predicted molar refractivity (Wildman–Crippen MR) is 169 cm³/mol. The lowest BCUT2D eigenvalue weighted by Crippen LogP contribution is -2.50. The number of aryl methyl sites for hydroxylation is 1. The summed E-state index contributed by atoms with van der Waals surface area (Å²) in [6, 6.07) is 11.7. The van der Waals surface area contributed by atoms with Crippen LogP contribution >= 0.6 is 22.6 Å². The molecule has 2 aromatic heterocycles. The number of hydrogen-bond donors (Lipinski definition) is 4. The van der Waals surface area contributed by atoms with Crippen LogP contribution in [0.15, 0.2) is 45.6 Å². The lowest BCUT2D eigenvalue weighted by atomic mass is 9.86. The molecule has 5 rings (SSSR count). The van der Waals surface area contributed by atoms with E-state index in [4.69, 9.17) is 15.1 Å². The highest BCUT2D eigenvalue weighted by Gasteiger charge is 2.54. The van der Waals surface area contributed by atoms with Gasteiger partial charge in [0.2, 0.25) is 11.9 Å². The maximum atomic E-state index is 13.1. The monoisotopic (exact) mass is 686 g/mol. The molecule has 3 heterocycles. The van der Waals surface area contributed by atoms with Gasteiger partial charge in [0.1, 0.15) is 11.1 Å². The number of anilines is 1. The van der Waals surface area contributed by atoms with Gasteiger partial charge in [0.25, 0.3) is 5.91 Å². The molecule has 11 nitrogen and oxygen atoms in total. The smallest absolute Gasteiger partial charge is 0.349 e. The van der Waals surface area contributed by atoms with E-state index < -0.39 is 22.6 Å². The summed E-state index contributed by atoms with van der Waals surface area (Å²) in [7, 11) is 0. The second kappa shape index (κ2) is 11.0. The Bertz CT molecular complexity index is 1780. The van der Waals surface area contributed by atoms with Gasteiger partial charge in [-0.25, -0.2) is 9.78 Å². The van der Waals surface area contributed by atoms with Crippen LogP contribution in [0, 0.1) is 16.4 Å². The molecular formula is C30H35IN6O5. The van der Waals surface area contributed by atoms with E-state index in [-0.39, 0.29) is 17.4 Å². The first kappa shape index (κ1) is 30.0. The largest absolute Gasteiger partial charge is 0.422 e. The van der Waals surface area contributed by atoms with Gasteiger partial charge in [-0.2, -0.15) is 5.06 Å². The van der Waals surface area contributed by atoms with Crippen molar-refractivity contribution in [2.75, 3.05) is 18.4 Å². The number of aromatic nitrogens is 2. The molecule has 222 valence electrons. The van der Waals surface area contributed by atoms with Crippen molar-refractivity contribution in [1.82, 2.24) is 19.9 Å². The van der Waals surface area contributed by atoms with Crippen LogP contribution in [0.1, 0.15) is 55.6 Å². The number of carbonyl (C=O) groups is 2. The Kier molecular flexibility index (Phi) is 7.83. The van der Waals surface area contributed by atoms with Gasteiger partial charge in [0, 0.05) is 33.7 Å². The fourth-order valence-corrected chi connectivity index (χ4v) is 6.63. The minimum absolute atomic E-state index is 0.110. The highest BCUT2D eigenvalue weighted by atomic mass is 127. The Morgan fingerprint density at radius 3 is 2.57 bits per heavy atom. The van der Waals surface area contributed by atoms with Gasteiger partial charge in [-0.05, 0) is 93.0 Å². The summed E-state index contributed by atoms with van der Waals surface area (Å²) < 4.78 is 8.59. The summed E-state index contributed by atoms with van der Waals surface area (Å²) >= 11 is 2.27. The molecule has 1 fully saturated rings. The summed E-state index contributed by atoms with van der Waals surface area (Å²) in [6.45, 7) is 10.5. The third kappa shape index (κ3) is 5.38. The Morgan fingerprint density at radius 1 is 1.19 bits per heavy atom. The van der Waals surface area contributed by atoms with Gasteiger partial charge in [0.15, 0.2) is 0 Å². The molecule has 42 heavy (non-hydrogen) atoms. The third-order valence-electron chi connectivity index (χ3n) is 8.21. The summed E-state index contributed by atoms with van der Waals surface area (Å²) in [5, 5.41) is 18.8. The predicted octanol–water partition coefficient (Wildman–Crippen LogP) is 4.00. The fraction of sp³-hybridized carbons (Fsp3) is 0.400. The van der Waals surface area contributed by atoms with Crippen LogP contribution < -0.4 is 22.0 Å². The molecule has 0 bridgehead atoms. The van der Waals surface area contributed by atoms with E-state index in [9.17, 15) is 19.6 Å². The van der Waals surface area contributed by atoms with E-state index in [1.165, 1.54) is 5.06 Å². The van der Waals surface area contributed by atoms with E-state index >= 15 is 0 Å². The van der Waals surface area contributed by atoms with Crippen molar-refractivity contribution in [3.8, 4) is 0 Å². The molecule has 0 spiro atoms. The van der Waals surface area contributed by atoms with Crippen LogP contribution in [0.5, 0.6) is 0 Å². The van der Waals surface area contributed by atoms with Gasteiger partial charge in [-0.1, -0.05) is 12.1 Å². The molecule has 1 aliphatic rings. The molecule has 1 aliphatic heterocycles. The highest BCUT2D eigenvalue weighted by Crippen LogP contribution is 2.43. The summed E-state index contributed by atoms with van der Waals surface area (Å²) in [6.07, 6.45) is 0.544. The zero-order chi connectivity index (χ0) is 30.6. The molecule has 12 heteroatoms. The average Bonchev–Trinajstić information content (AvgIpc) is 3.31. The molecular weight excluding hydrogens is 651 g/mol. The zero-order valence-electron chi connectivity index (χ0n) is 24.2. The van der Waals surface area contributed by atoms with Crippen LogP contribution in [-0.4, -0.2) is 55.8 Å². The van der Waals surface area contributed by atoms with Crippen molar-refractivity contribution >= 4 is 62.4 Å². The average molecular weight is 687 g/mol. The highest BCUT2D eigenvalue weighted by molar-refractivity contribution is 14.1. The number of imidazole rings is 1. The molecule has 2 aromatic carbocycles. The third-order valence-corrected chi connectivity index (χ3v) is 8.88. The molecule has 5 N–H and O–H groups in total. The summed E-state index contributed by atoms with van der Waals surface area (Å²) in [5.41, 5.74) is 6.51. The van der Waals surface area contributed by atoms with E-state index in [1.807, 2.05) is 50.5 Å². The Balaban J connectivity index is 1.44. The first-order valence-electron chi connectivity index (χ1n) is 13.7. The van der Waals surface area contributed by atoms with Crippen LogP contribution in [0.4, 0.5) is 5.95 Å². The molecule has 2 amide bonds. The van der Waals surface area contributed by atoms with Gasteiger partial charge in [-0.3, -0.25) is 9.59 Å². The number of nitrogens with zero attached hydrogens (tertiary/aromatic N) is 3. The number of benzene rings is 2. The molecule has 1 atom stereocenters. The minimum Gasteiger partial charge on any atom is -0.422 e. The lowest BCUT2D eigenvalue weighted by molar-refractivity contribution is -0.197. The summed E-state index contributed by atoms with van der Waals surface area (Å²) in [5.74, 6) is -0.737. The molecule has 0 aliphatic carbocycles. The maximum absolute atomic E-state index is 13.1. The SMILES string of the molecule is Cc1c(C(N)=O)c(=O)oc2cc3c(cc12)nc(NCCNC(=O)C1CC(C)(C)N(O)C1(C)C)n3Cc1cccc(I)c1. The van der Waals surface area contributed by atoms with Crippen LogP contribution in [0.3, 0.4) is 0 Å². The van der Waals surface area contributed by atoms with Gasteiger partial charge < -0.3 is 30.6 Å². The van der Waals surface area contributed by atoms with Gasteiger partial charge >= 0.3 is 5.63 Å². The Labute approximate surface area is 256 Å². The molecule has 0 radical (unpaired) electrons. The normalized spacial score (nSPS) is 18.0. The number of hydrogen-bond acceptors (Lipinski definition) is 8. The van der Waals surface area contributed by atoms with Crippen molar-refractivity contribution < 1.29 is 19.2 Å². The number of halogens is 1. The number of rotatable bonds is 8. The van der Waals surface area contributed by atoms with Gasteiger partial charge in [0.05, 0.1) is 29.0 Å². The van der Waals surface area contributed by atoms with Crippen molar-refractivity contribution in [1.29, 1.82) is 0 Å². The van der Waals surface area contributed by atoms with Crippen molar-refractivity contribution in [3.63, 3.8) is 0 Å². The van der Waals surface area contributed by atoms with Crippen LogP contribution in [-0.2, 0) is 11.3 Å². The first-order valence-corrected chi connectivity index (χ1v) is 14.8. The quantitative estimate of drug-likeness (QED) is 0.123. The molecule has 0 saturated carbocycles. The number of hydroxylamine groups is 2. The van der Waals surface area contributed by atoms with E-state index in [0.717, 1.165) is 14.7 Å². The topological polar surface area (TPSA) is 156 Å². The standard InChI is InChI=1S/C30H35IN6O5/c1-16-19-12-21-22(13-23(19)42-27(40)24(16)25(32)38)36(15-17-7-6-8-18(31)11-17)28(35-21)34-10-9-33-26(39)20-14-29(2,3)37(41)30(20,4)5/h6-8,11-13,20,41H,9-10,14-15H2,1-5H3,(H2,32,38)(H,33,39)(H,34,35). The van der Waals surface area contributed by atoms with E-state index in [2.05, 4.69) is 39.3 Å². The summed E-state index contributed by atoms with van der Waals surface area (Å²) in [4.78, 5) is 42.3. The lowest BCUT2D eigenvalue weighted by Gasteiger charge is -2.35. The number of nitrogens with two attached hydrogens (primary N) is 1. The fourth-order valence-electron chi connectivity index (χ4n) is 6.03. The zero-order valence-corrected chi connectivity index (χ0v) is 26.4. The van der Waals surface area contributed by atoms with Crippen LogP contribution in [0.25, 0.3) is 22.0 Å². The van der Waals surface area contributed by atoms with Gasteiger partial charge in [-0.15, -0.1) is 0 Å². The number of carbonyl (C=O) groups excluding carboxylic acids is 2. The second-order valence-electron chi connectivity index (χ2n) is 12.0. The van der Waals surface area contributed by atoms with Crippen molar-refractivity contribution in [2.45, 2.75) is 58.7 Å². The number of nitrogens with one attached hydrogen (secondary N) is 2. The molecule has 1 unspecified atom stereocenters. The molecule has 4 aromatic rings. The molecule has 1 saturated heterocycles. The Morgan fingerprint density at radius 2 is 1.93 bits per heavy atom. The maximum Gasteiger partial charge on any atom is 0.349 e. The first-order chi connectivity index (χ1) is 19.7. The van der Waals surface area contributed by atoms with E-state index in [1.54, 1.807) is 19.1 Å². The van der Waals surface area contributed by atoms with E-state index in [0.29, 0.717) is 54.1 Å². The number of fused-ring (bicyclic) bond motifs is 2. The minimum atomic E-state index is -0.840. The number of amides is 2. The van der Waals surface area contributed by atoms with Crippen LogP contribution in [0.2, 0.25) is 0 Å². The number of primary amides is 1. The van der Waals surface area contributed by atoms with Crippen molar-refractivity contribution in [2.24, 2.45) is 11.7 Å². The van der Waals surface area contributed by atoms with Crippen molar-refractivity contribution in [3.05, 3.63) is 67.1 Å². The Hall–Kier alpha value is -3.49. The second-order valence-corrected chi connectivity index (χ2v) is 13.2.